The van der Waals surface area contributed by atoms with Crippen LogP contribution in [-0.4, -0.2) is 30.9 Å². The third kappa shape index (κ3) is 9.67. The molecule has 0 amide bonds. The van der Waals surface area contributed by atoms with Crippen LogP contribution in [0.3, 0.4) is 0 Å². The topological polar surface area (TPSA) is 69.7 Å². The lowest BCUT2D eigenvalue weighted by atomic mass is 9.90. The molecular formula is C23H34O5. The zero-order valence-electron chi connectivity index (χ0n) is 17.4. The average Bonchev–Trinajstić information content (AvgIpc) is 3.01. The number of esters is 2. The fraction of sp³-hybridized carbons (Fsp3) is 0.609. The van der Waals surface area contributed by atoms with Gasteiger partial charge in [0.1, 0.15) is 6.10 Å². The summed E-state index contributed by atoms with van der Waals surface area (Å²) in [5.74, 6) is -0.437. The summed E-state index contributed by atoms with van der Waals surface area (Å²) in [6, 6.07) is 0. The Bertz CT molecular complexity index is 588. The summed E-state index contributed by atoms with van der Waals surface area (Å²) >= 11 is 0. The number of hydrogen-bond acceptors (Lipinski definition) is 5. The van der Waals surface area contributed by atoms with Gasteiger partial charge in [0.05, 0.1) is 7.11 Å². The van der Waals surface area contributed by atoms with E-state index in [-0.39, 0.29) is 35.7 Å². The van der Waals surface area contributed by atoms with Crippen molar-refractivity contribution < 1.29 is 23.9 Å². The Morgan fingerprint density at radius 2 is 2.00 bits per heavy atom. The van der Waals surface area contributed by atoms with Crippen molar-refractivity contribution in [1.82, 2.24) is 0 Å². The standard InChI is InChI=1S/C23H34O5/c1-4-5-8-11-20(28-18(2)24)16-14-19-15-17-22(25)21(19)12-9-6-7-10-13-23(26)27-3/h6,9,14-17,19-21H,4-5,7-8,10-13H2,1-3H3/t19-,20-,21+/m0/s1. The molecule has 0 saturated heterocycles. The van der Waals surface area contributed by atoms with Crippen molar-refractivity contribution >= 4 is 17.7 Å². The number of allylic oxidation sites excluding steroid dienone is 5. The molecule has 5 heteroatoms. The summed E-state index contributed by atoms with van der Waals surface area (Å²) in [4.78, 5) is 34.6. The predicted molar refractivity (Wildman–Crippen MR) is 110 cm³/mol. The minimum absolute atomic E-state index is 0.0245. The van der Waals surface area contributed by atoms with E-state index < -0.39 is 0 Å². The largest absolute Gasteiger partial charge is 0.469 e. The molecule has 0 N–H and O–H groups in total. The number of rotatable bonds is 13. The van der Waals surface area contributed by atoms with Gasteiger partial charge in [-0.1, -0.05) is 44.1 Å². The Labute approximate surface area is 168 Å². The molecule has 1 aliphatic rings. The quantitative estimate of drug-likeness (QED) is 0.259. The maximum absolute atomic E-state index is 12.2. The highest BCUT2D eigenvalue weighted by Gasteiger charge is 2.27. The van der Waals surface area contributed by atoms with Crippen molar-refractivity contribution in [3.63, 3.8) is 0 Å². The first-order valence-electron chi connectivity index (χ1n) is 10.3. The molecular weight excluding hydrogens is 356 g/mol. The first-order chi connectivity index (χ1) is 13.5. The summed E-state index contributed by atoms with van der Waals surface area (Å²) in [5, 5.41) is 0. The Hall–Kier alpha value is -2.17. The Morgan fingerprint density at radius 3 is 2.68 bits per heavy atom. The predicted octanol–water partition coefficient (Wildman–Crippen LogP) is 4.72. The molecule has 0 aromatic carbocycles. The third-order valence-corrected chi connectivity index (χ3v) is 4.81. The van der Waals surface area contributed by atoms with Gasteiger partial charge in [-0.2, -0.15) is 0 Å². The Kier molecular flexibility index (Phi) is 11.9. The molecule has 1 aliphatic carbocycles. The highest BCUT2D eigenvalue weighted by atomic mass is 16.5. The van der Waals surface area contributed by atoms with Crippen LogP contribution < -0.4 is 0 Å². The van der Waals surface area contributed by atoms with Crippen LogP contribution in [0.4, 0.5) is 0 Å². The van der Waals surface area contributed by atoms with Gasteiger partial charge in [-0.05, 0) is 44.3 Å². The lowest BCUT2D eigenvalue weighted by Crippen LogP contribution is -2.16. The first kappa shape index (κ1) is 23.9. The summed E-state index contributed by atoms with van der Waals surface area (Å²) in [6.45, 7) is 3.56. The number of carbonyl (C=O) groups excluding carboxylic acids is 3. The van der Waals surface area contributed by atoms with Crippen molar-refractivity contribution in [2.24, 2.45) is 11.8 Å². The van der Waals surface area contributed by atoms with Gasteiger partial charge in [-0.3, -0.25) is 14.4 Å². The molecule has 0 saturated carbocycles. The van der Waals surface area contributed by atoms with E-state index in [2.05, 4.69) is 11.7 Å². The summed E-state index contributed by atoms with van der Waals surface area (Å²) in [7, 11) is 1.39. The highest BCUT2D eigenvalue weighted by Crippen LogP contribution is 2.28. The van der Waals surface area contributed by atoms with E-state index in [1.807, 2.05) is 30.4 Å². The van der Waals surface area contributed by atoms with E-state index in [0.29, 0.717) is 12.8 Å². The van der Waals surface area contributed by atoms with Crippen molar-refractivity contribution in [3.05, 3.63) is 36.5 Å². The lowest BCUT2D eigenvalue weighted by molar-refractivity contribution is -0.144. The van der Waals surface area contributed by atoms with E-state index >= 15 is 0 Å². The van der Waals surface area contributed by atoms with Crippen LogP contribution in [0.25, 0.3) is 0 Å². The van der Waals surface area contributed by atoms with E-state index in [1.54, 1.807) is 6.08 Å². The molecule has 0 radical (unpaired) electrons. The smallest absolute Gasteiger partial charge is 0.305 e. The molecule has 156 valence electrons. The van der Waals surface area contributed by atoms with Crippen molar-refractivity contribution in [1.29, 1.82) is 0 Å². The van der Waals surface area contributed by atoms with E-state index in [9.17, 15) is 14.4 Å². The van der Waals surface area contributed by atoms with Crippen molar-refractivity contribution in [3.8, 4) is 0 Å². The molecule has 3 atom stereocenters. The maximum atomic E-state index is 12.2. The molecule has 0 aromatic rings. The number of ether oxygens (including phenoxy) is 2. The Morgan fingerprint density at radius 1 is 1.21 bits per heavy atom. The zero-order chi connectivity index (χ0) is 20.8. The minimum Gasteiger partial charge on any atom is -0.469 e. The number of hydrogen-bond donors (Lipinski definition) is 0. The van der Waals surface area contributed by atoms with Gasteiger partial charge in [0.2, 0.25) is 0 Å². The zero-order valence-corrected chi connectivity index (χ0v) is 17.4. The molecule has 28 heavy (non-hydrogen) atoms. The van der Waals surface area contributed by atoms with Gasteiger partial charge in [0.25, 0.3) is 0 Å². The van der Waals surface area contributed by atoms with Crippen LogP contribution in [0, 0.1) is 11.8 Å². The van der Waals surface area contributed by atoms with Crippen molar-refractivity contribution in [2.75, 3.05) is 7.11 Å². The molecule has 5 nitrogen and oxygen atoms in total. The van der Waals surface area contributed by atoms with Crippen LogP contribution in [0.2, 0.25) is 0 Å². The van der Waals surface area contributed by atoms with Gasteiger partial charge in [0, 0.05) is 25.2 Å². The summed E-state index contributed by atoms with van der Waals surface area (Å²) in [6.07, 6.45) is 17.9. The molecule has 0 aromatic heterocycles. The van der Waals surface area contributed by atoms with Crippen LogP contribution in [0.15, 0.2) is 36.5 Å². The van der Waals surface area contributed by atoms with Crippen LogP contribution in [-0.2, 0) is 23.9 Å². The molecule has 0 fully saturated rings. The Balaban J connectivity index is 2.53. The maximum Gasteiger partial charge on any atom is 0.305 e. The van der Waals surface area contributed by atoms with Crippen molar-refractivity contribution in [2.45, 2.75) is 71.3 Å². The molecule has 0 heterocycles. The fourth-order valence-corrected chi connectivity index (χ4v) is 3.21. The number of unbranched alkanes of at least 4 members (excludes halogenated alkanes) is 3. The molecule has 0 unspecified atom stereocenters. The van der Waals surface area contributed by atoms with E-state index in [0.717, 1.165) is 38.5 Å². The normalized spacial score (nSPS) is 20.2. The SMILES string of the molecule is CCCCC[C@@H](C=C[C@H]1C=CC(=O)[C@@H]1CC=CCCCC(=O)OC)OC(C)=O. The van der Waals surface area contributed by atoms with Crippen LogP contribution in [0.5, 0.6) is 0 Å². The fourth-order valence-electron chi connectivity index (χ4n) is 3.21. The van der Waals surface area contributed by atoms with E-state index in [1.165, 1.54) is 14.0 Å². The number of ketones is 1. The molecule has 0 spiro atoms. The van der Waals surface area contributed by atoms with Gasteiger partial charge < -0.3 is 9.47 Å². The highest BCUT2D eigenvalue weighted by molar-refractivity contribution is 5.95. The summed E-state index contributed by atoms with van der Waals surface area (Å²) < 4.78 is 10.00. The second kappa shape index (κ2) is 13.9. The second-order valence-electron chi connectivity index (χ2n) is 7.15. The third-order valence-electron chi connectivity index (χ3n) is 4.81. The molecule has 1 rings (SSSR count). The minimum atomic E-state index is -0.282. The number of methoxy groups -OCH3 is 1. The number of carbonyl (C=O) groups is 3. The van der Waals surface area contributed by atoms with Crippen LogP contribution >= 0.6 is 0 Å². The van der Waals surface area contributed by atoms with Gasteiger partial charge >= 0.3 is 11.9 Å². The summed E-state index contributed by atoms with van der Waals surface area (Å²) in [5.41, 5.74) is 0. The average molecular weight is 391 g/mol. The lowest BCUT2D eigenvalue weighted by Gasteiger charge is -2.16. The van der Waals surface area contributed by atoms with Gasteiger partial charge in [0.15, 0.2) is 5.78 Å². The van der Waals surface area contributed by atoms with Gasteiger partial charge in [-0.25, -0.2) is 0 Å². The van der Waals surface area contributed by atoms with Crippen LogP contribution in [0.1, 0.15) is 65.2 Å². The monoisotopic (exact) mass is 390 g/mol. The first-order valence-corrected chi connectivity index (χ1v) is 10.3. The molecule has 0 aliphatic heterocycles. The van der Waals surface area contributed by atoms with Gasteiger partial charge in [-0.15, -0.1) is 0 Å². The van der Waals surface area contributed by atoms with E-state index in [4.69, 9.17) is 4.74 Å². The second-order valence-corrected chi connectivity index (χ2v) is 7.15. The molecule has 0 bridgehead atoms.